The fraction of sp³-hybridized carbons (Fsp3) is 0.421. The van der Waals surface area contributed by atoms with Crippen molar-refractivity contribution in [3.8, 4) is 0 Å². The smallest absolute Gasteiger partial charge is 0.253 e. The van der Waals surface area contributed by atoms with E-state index in [4.69, 9.17) is 23.2 Å². The van der Waals surface area contributed by atoms with E-state index in [-0.39, 0.29) is 11.4 Å². The highest BCUT2D eigenvalue weighted by molar-refractivity contribution is 7.20. The van der Waals surface area contributed by atoms with Crippen LogP contribution in [0.3, 0.4) is 0 Å². The second-order valence-electron chi connectivity index (χ2n) is 7.00. The third-order valence-electron chi connectivity index (χ3n) is 5.46. The van der Waals surface area contributed by atoms with E-state index in [2.05, 4.69) is 28.8 Å². The maximum Gasteiger partial charge on any atom is 0.253 e. The van der Waals surface area contributed by atoms with Crippen LogP contribution < -0.4 is 10.6 Å². The molecule has 2 bridgehead atoms. The van der Waals surface area contributed by atoms with Crippen molar-refractivity contribution in [1.29, 1.82) is 0 Å². The molecule has 3 nitrogen and oxygen atoms in total. The predicted octanol–water partition coefficient (Wildman–Crippen LogP) is 4.97. The summed E-state index contributed by atoms with van der Waals surface area (Å²) in [7, 11) is 0. The molecule has 2 fully saturated rings. The van der Waals surface area contributed by atoms with Gasteiger partial charge in [-0.25, -0.2) is 0 Å². The van der Waals surface area contributed by atoms with Crippen LogP contribution >= 0.6 is 34.5 Å². The molecule has 0 spiro atoms. The molecule has 2 N–H and O–H groups in total. The van der Waals surface area contributed by atoms with Gasteiger partial charge in [0, 0.05) is 12.1 Å². The third-order valence-corrected chi connectivity index (χ3v) is 6.94. The molecule has 1 amide bonds. The van der Waals surface area contributed by atoms with E-state index >= 15 is 0 Å². The van der Waals surface area contributed by atoms with Crippen LogP contribution in [0, 0.1) is 5.92 Å². The molecule has 2 aliphatic rings. The number of hydrogen-bond donors (Lipinski definition) is 2. The van der Waals surface area contributed by atoms with Crippen molar-refractivity contribution < 1.29 is 4.79 Å². The Kier molecular flexibility index (Phi) is 4.80. The molecule has 4 rings (SSSR count). The number of carbonyl (C=O) groups is 1. The Hall–Kier alpha value is -1.07. The molecular formula is C19H20Cl2N2OS. The monoisotopic (exact) mass is 394 g/mol. The van der Waals surface area contributed by atoms with Gasteiger partial charge in [-0.05, 0) is 48.9 Å². The molecule has 1 aromatic heterocycles. The highest BCUT2D eigenvalue weighted by Gasteiger charge is 2.43. The highest BCUT2D eigenvalue weighted by Crippen LogP contribution is 2.45. The van der Waals surface area contributed by atoms with Crippen LogP contribution in [0.25, 0.3) is 0 Å². The molecular weight excluding hydrogens is 375 g/mol. The topological polar surface area (TPSA) is 41.1 Å². The fourth-order valence-electron chi connectivity index (χ4n) is 4.31. The lowest BCUT2D eigenvalue weighted by molar-refractivity contribution is 0.0951. The van der Waals surface area contributed by atoms with Gasteiger partial charge in [0.25, 0.3) is 5.91 Å². The number of nitrogens with one attached hydrogen (secondary N) is 2. The van der Waals surface area contributed by atoms with Crippen molar-refractivity contribution in [2.75, 3.05) is 6.54 Å². The van der Waals surface area contributed by atoms with Gasteiger partial charge in [-0.2, -0.15) is 0 Å². The first-order valence-corrected chi connectivity index (χ1v) is 10.2. The van der Waals surface area contributed by atoms with Crippen LogP contribution in [0.4, 0.5) is 0 Å². The number of fused-ring (bicyclic) bond motifs is 2. The molecule has 1 saturated carbocycles. The van der Waals surface area contributed by atoms with Gasteiger partial charge >= 0.3 is 0 Å². The van der Waals surface area contributed by atoms with E-state index < -0.39 is 0 Å². The Morgan fingerprint density at radius 2 is 2.20 bits per heavy atom. The molecule has 1 saturated heterocycles. The summed E-state index contributed by atoms with van der Waals surface area (Å²) in [4.78, 5) is 12.4. The van der Waals surface area contributed by atoms with Crippen LogP contribution in [0.5, 0.6) is 0 Å². The molecule has 0 radical (unpaired) electrons. The van der Waals surface area contributed by atoms with E-state index in [0.717, 1.165) is 12.5 Å². The summed E-state index contributed by atoms with van der Waals surface area (Å²) in [5.41, 5.74) is 3.02. The molecule has 2 atom stereocenters. The minimum Gasteiger partial charge on any atom is -0.348 e. The fourth-order valence-corrected chi connectivity index (χ4v) is 5.77. The highest BCUT2D eigenvalue weighted by atomic mass is 35.5. The summed E-state index contributed by atoms with van der Waals surface area (Å²) >= 11 is 13.2. The average molecular weight is 395 g/mol. The van der Waals surface area contributed by atoms with Crippen LogP contribution in [0.15, 0.2) is 30.3 Å². The zero-order chi connectivity index (χ0) is 17.4. The summed E-state index contributed by atoms with van der Waals surface area (Å²) < 4.78 is 0.958. The Morgan fingerprint density at radius 3 is 3.00 bits per heavy atom. The molecule has 2 aromatic rings. The van der Waals surface area contributed by atoms with Gasteiger partial charge in [-0.1, -0.05) is 53.9 Å². The van der Waals surface area contributed by atoms with Gasteiger partial charge in [-0.3, -0.25) is 4.79 Å². The Balaban J connectivity index is 1.54. The van der Waals surface area contributed by atoms with Crippen LogP contribution in [-0.2, 0) is 12.1 Å². The summed E-state index contributed by atoms with van der Waals surface area (Å²) in [6, 6.07) is 10.1. The first-order chi connectivity index (χ1) is 12.1. The maximum atomic E-state index is 12.4. The second-order valence-corrected chi connectivity index (χ2v) is 9.29. The minimum absolute atomic E-state index is 0.0770. The molecule has 1 aliphatic carbocycles. The Morgan fingerprint density at radius 1 is 1.36 bits per heavy atom. The normalized spacial score (nSPS) is 25.1. The molecule has 2 unspecified atom stereocenters. The van der Waals surface area contributed by atoms with Crippen LogP contribution in [0.2, 0.25) is 8.67 Å². The van der Waals surface area contributed by atoms with E-state index in [0.29, 0.717) is 20.8 Å². The van der Waals surface area contributed by atoms with Crippen molar-refractivity contribution in [3.05, 3.63) is 55.7 Å². The largest absolute Gasteiger partial charge is 0.348 e. The number of amides is 1. The van der Waals surface area contributed by atoms with Crippen LogP contribution in [0.1, 0.15) is 47.2 Å². The summed E-state index contributed by atoms with van der Waals surface area (Å²) in [5.74, 6) is 0.601. The van der Waals surface area contributed by atoms with Gasteiger partial charge in [-0.15, -0.1) is 11.3 Å². The minimum atomic E-state index is -0.179. The zero-order valence-electron chi connectivity index (χ0n) is 13.8. The quantitative estimate of drug-likeness (QED) is 0.767. The van der Waals surface area contributed by atoms with Crippen molar-refractivity contribution in [2.24, 2.45) is 5.92 Å². The maximum absolute atomic E-state index is 12.4. The number of halogens is 2. The van der Waals surface area contributed by atoms with Crippen LogP contribution in [-0.4, -0.2) is 12.5 Å². The van der Waals surface area contributed by atoms with E-state index in [1.165, 1.54) is 48.1 Å². The molecule has 2 heterocycles. The number of thiophene rings is 1. The number of rotatable bonds is 4. The van der Waals surface area contributed by atoms with E-state index in [9.17, 15) is 4.79 Å². The number of hydrogen-bond acceptors (Lipinski definition) is 3. The first kappa shape index (κ1) is 17.3. The molecule has 1 aliphatic heterocycles. The van der Waals surface area contributed by atoms with Gasteiger partial charge in [0.05, 0.1) is 9.90 Å². The van der Waals surface area contributed by atoms with Gasteiger partial charge in [0.1, 0.15) is 4.34 Å². The van der Waals surface area contributed by atoms with Crippen molar-refractivity contribution >= 4 is 40.4 Å². The van der Waals surface area contributed by atoms with Gasteiger partial charge < -0.3 is 10.6 Å². The first-order valence-electron chi connectivity index (χ1n) is 8.64. The second kappa shape index (κ2) is 6.92. The molecule has 1 aromatic carbocycles. The zero-order valence-corrected chi connectivity index (χ0v) is 16.1. The molecule has 132 valence electrons. The third kappa shape index (κ3) is 3.33. The summed E-state index contributed by atoms with van der Waals surface area (Å²) in [5, 5.41) is 6.77. The lowest BCUT2D eigenvalue weighted by Gasteiger charge is -2.35. The van der Waals surface area contributed by atoms with Crippen molar-refractivity contribution in [2.45, 2.75) is 37.8 Å². The summed E-state index contributed by atoms with van der Waals surface area (Å²) in [6.07, 6.45) is 4.96. The predicted molar refractivity (Wildman–Crippen MR) is 104 cm³/mol. The lowest BCUT2D eigenvalue weighted by atomic mass is 9.74. The number of carbonyl (C=O) groups excluding carboxylic acids is 1. The van der Waals surface area contributed by atoms with Gasteiger partial charge in [0.15, 0.2) is 0 Å². The molecule has 25 heavy (non-hydrogen) atoms. The Bertz CT molecular complexity index is 802. The molecule has 6 heteroatoms. The lowest BCUT2D eigenvalue weighted by Crippen LogP contribution is -2.38. The van der Waals surface area contributed by atoms with E-state index in [1.54, 1.807) is 6.07 Å². The average Bonchev–Trinajstić information content (AvgIpc) is 3.11. The van der Waals surface area contributed by atoms with Crippen molar-refractivity contribution in [1.82, 2.24) is 10.6 Å². The van der Waals surface area contributed by atoms with E-state index in [1.807, 2.05) is 6.07 Å². The standard InChI is InChI=1S/C19H20Cl2N2OS/c20-16-8-14(17(21)25-16)18(24)22-11-13-5-1-2-6-15(13)19-7-3-4-12(9-19)10-23-19/h1-2,5-6,8,12,23H,3-4,7,9-11H2,(H,22,24). The summed E-state index contributed by atoms with van der Waals surface area (Å²) in [6.45, 7) is 1.59. The SMILES string of the molecule is O=C(NCc1ccccc1C12CCCC(CN1)C2)c1cc(Cl)sc1Cl. The van der Waals surface area contributed by atoms with Crippen molar-refractivity contribution in [3.63, 3.8) is 0 Å². The Labute approximate surface area is 161 Å². The number of benzene rings is 1. The van der Waals surface area contributed by atoms with Gasteiger partial charge in [0.2, 0.25) is 0 Å².